The zero-order chi connectivity index (χ0) is 17.5. The summed E-state index contributed by atoms with van der Waals surface area (Å²) >= 11 is 0. The number of anilines is 1. The molecule has 2 aromatic rings. The van der Waals surface area contributed by atoms with Crippen molar-refractivity contribution in [1.29, 1.82) is 0 Å². The van der Waals surface area contributed by atoms with Crippen molar-refractivity contribution in [3.8, 4) is 5.75 Å². The Kier molecular flexibility index (Phi) is 5.95. The Morgan fingerprint density at radius 2 is 1.88 bits per heavy atom. The van der Waals surface area contributed by atoms with Crippen LogP contribution in [0.25, 0.3) is 0 Å². The van der Waals surface area contributed by atoms with E-state index >= 15 is 0 Å². The summed E-state index contributed by atoms with van der Waals surface area (Å²) in [6.07, 6.45) is 0.158. The molecule has 5 nitrogen and oxygen atoms in total. The van der Waals surface area contributed by atoms with Crippen molar-refractivity contribution in [3.63, 3.8) is 0 Å². The first-order valence-electron chi connectivity index (χ1n) is 7.79. The molecule has 24 heavy (non-hydrogen) atoms. The number of ether oxygens (including phenoxy) is 2. The summed E-state index contributed by atoms with van der Waals surface area (Å²) in [5.41, 5.74) is 1.94. The second kappa shape index (κ2) is 8.15. The molecule has 0 spiro atoms. The number of carbonyl (C=O) groups excluding carboxylic acids is 2. The minimum atomic E-state index is -0.667. The molecular weight excluding hydrogens is 306 g/mol. The van der Waals surface area contributed by atoms with Crippen LogP contribution in [-0.2, 0) is 16.0 Å². The van der Waals surface area contributed by atoms with Gasteiger partial charge in [-0.3, -0.25) is 4.79 Å². The zero-order valence-corrected chi connectivity index (χ0v) is 14.0. The van der Waals surface area contributed by atoms with Gasteiger partial charge in [0.15, 0.2) is 6.10 Å². The quantitative estimate of drug-likeness (QED) is 0.826. The third-order valence-corrected chi connectivity index (χ3v) is 3.58. The molecule has 5 heteroatoms. The summed E-state index contributed by atoms with van der Waals surface area (Å²) < 4.78 is 10.4. The van der Waals surface area contributed by atoms with Crippen molar-refractivity contribution in [2.75, 3.05) is 12.4 Å². The number of rotatable bonds is 6. The molecule has 0 aliphatic rings. The lowest BCUT2D eigenvalue weighted by Gasteiger charge is -2.17. The fraction of sp³-hybridized carbons (Fsp3) is 0.263. The molecule has 2 rings (SSSR count). The third-order valence-electron chi connectivity index (χ3n) is 3.58. The number of benzene rings is 2. The van der Waals surface area contributed by atoms with Gasteiger partial charge >= 0.3 is 5.97 Å². The maximum absolute atomic E-state index is 12.3. The summed E-state index contributed by atoms with van der Waals surface area (Å²) in [7, 11) is 1.31. The molecule has 0 aliphatic heterocycles. The number of hydrogen-bond acceptors (Lipinski definition) is 4. The Morgan fingerprint density at radius 1 is 1.12 bits per heavy atom. The highest BCUT2D eigenvalue weighted by atomic mass is 16.5. The summed E-state index contributed by atoms with van der Waals surface area (Å²) in [6, 6.07) is 14.2. The van der Waals surface area contributed by atoms with Crippen LogP contribution in [0.2, 0.25) is 0 Å². The van der Waals surface area contributed by atoms with Crippen molar-refractivity contribution in [2.45, 2.75) is 26.4 Å². The third kappa shape index (κ3) is 4.35. The Hall–Kier alpha value is -2.82. The highest BCUT2D eigenvalue weighted by Crippen LogP contribution is 2.20. The van der Waals surface area contributed by atoms with E-state index in [9.17, 15) is 9.59 Å². The summed E-state index contributed by atoms with van der Waals surface area (Å²) in [4.78, 5) is 23.9. The van der Waals surface area contributed by atoms with Crippen LogP contribution < -0.4 is 10.1 Å². The van der Waals surface area contributed by atoms with Crippen LogP contribution in [0.15, 0.2) is 48.5 Å². The van der Waals surface area contributed by atoms with Crippen molar-refractivity contribution >= 4 is 17.6 Å². The first kappa shape index (κ1) is 17.5. The highest BCUT2D eigenvalue weighted by molar-refractivity contribution is 5.96. The molecule has 0 radical (unpaired) electrons. The number of aryl methyl sites for hydroxylation is 1. The average Bonchev–Trinajstić information content (AvgIpc) is 2.61. The molecule has 2 aromatic carbocycles. The van der Waals surface area contributed by atoms with Crippen LogP contribution in [0.1, 0.15) is 29.8 Å². The van der Waals surface area contributed by atoms with E-state index in [1.807, 2.05) is 31.2 Å². The maximum atomic E-state index is 12.3. The average molecular weight is 327 g/mol. The van der Waals surface area contributed by atoms with E-state index in [1.54, 1.807) is 31.2 Å². The summed E-state index contributed by atoms with van der Waals surface area (Å²) in [5.74, 6) is -0.0406. The molecular formula is C19H21NO4. The van der Waals surface area contributed by atoms with Gasteiger partial charge in [0.05, 0.1) is 12.7 Å². The van der Waals surface area contributed by atoms with E-state index < -0.39 is 12.1 Å². The molecule has 0 fully saturated rings. The largest absolute Gasteiger partial charge is 0.481 e. The molecule has 0 saturated heterocycles. The van der Waals surface area contributed by atoms with E-state index in [0.717, 1.165) is 12.0 Å². The van der Waals surface area contributed by atoms with Crippen molar-refractivity contribution in [1.82, 2.24) is 0 Å². The fourth-order valence-corrected chi connectivity index (χ4v) is 2.24. The van der Waals surface area contributed by atoms with E-state index in [4.69, 9.17) is 4.74 Å². The number of esters is 1. The summed E-state index contributed by atoms with van der Waals surface area (Å²) in [6.45, 7) is 3.72. The van der Waals surface area contributed by atoms with Crippen LogP contribution in [0.5, 0.6) is 5.75 Å². The van der Waals surface area contributed by atoms with Gasteiger partial charge in [-0.2, -0.15) is 0 Å². The van der Waals surface area contributed by atoms with E-state index in [-0.39, 0.29) is 5.91 Å². The minimum Gasteiger partial charge on any atom is -0.481 e. The first-order chi connectivity index (χ1) is 11.5. The monoisotopic (exact) mass is 327 g/mol. The lowest BCUT2D eigenvalue weighted by atomic mass is 10.1. The molecule has 1 atom stereocenters. The maximum Gasteiger partial charge on any atom is 0.337 e. The number of hydrogen-bond donors (Lipinski definition) is 1. The predicted molar refractivity (Wildman–Crippen MR) is 92.3 cm³/mol. The Balaban J connectivity index is 2.05. The zero-order valence-electron chi connectivity index (χ0n) is 14.0. The Labute approximate surface area is 141 Å². The Bertz CT molecular complexity index is 727. The number of amides is 1. The minimum absolute atomic E-state index is 0.289. The van der Waals surface area contributed by atoms with Gasteiger partial charge in [0.25, 0.3) is 5.91 Å². The van der Waals surface area contributed by atoms with Gasteiger partial charge in [-0.05, 0) is 43.2 Å². The van der Waals surface area contributed by atoms with Gasteiger partial charge in [-0.1, -0.05) is 31.2 Å². The fourth-order valence-electron chi connectivity index (χ4n) is 2.24. The van der Waals surface area contributed by atoms with E-state index in [0.29, 0.717) is 17.0 Å². The summed E-state index contributed by atoms with van der Waals surface area (Å²) in [5, 5.41) is 2.75. The lowest BCUT2D eigenvalue weighted by molar-refractivity contribution is -0.122. The van der Waals surface area contributed by atoms with Crippen molar-refractivity contribution < 1.29 is 19.1 Å². The second-order valence-electron chi connectivity index (χ2n) is 5.28. The Morgan fingerprint density at radius 3 is 2.58 bits per heavy atom. The first-order valence-corrected chi connectivity index (χ1v) is 7.79. The molecule has 0 heterocycles. The molecule has 1 N–H and O–H groups in total. The smallest absolute Gasteiger partial charge is 0.337 e. The molecule has 1 amide bonds. The van der Waals surface area contributed by atoms with Gasteiger partial charge in [0.1, 0.15) is 5.75 Å². The van der Waals surface area contributed by atoms with Crippen LogP contribution in [0.4, 0.5) is 5.69 Å². The molecule has 126 valence electrons. The van der Waals surface area contributed by atoms with Gasteiger partial charge in [-0.25, -0.2) is 4.79 Å². The van der Waals surface area contributed by atoms with Crippen LogP contribution in [0, 0.1) is 0 Å². The number of carbonyl (C=O) groups is 2. The molecule has 0 saturated carbocycles. The van der Waals surface area contributed by atoms with Gasteiger partial charge in [0.2, 0.25) is 0 Å². The van der Waals surface area contributed by atoms with Gasteiger partial charge in [-0.15, -0.1) is 0 Å². The van der Waals surface area contributed by atoms with Crippen LogP contribution in [0.3, 0.4) is 0 Å². The molecule has 0 aliphatic carbocycles. The van der Waals surface area contributed by atoms with Gasteiger partial charge < -0.3 is 14.8 Å². The predicted octanol–water partition coefficient (Wildman–Crippen LogP) is 3.44. The van der Waals surface area contributed by atoms with Crippen LogP contribution in [-0.4, -0.2) is 25.1 Å². The van der Waals surface area contributed by atoms with E-state index in [2.05, 4.69) is 10.1 Å². The number of methoxy groups -OCH3 is 1. The van der Waals surface area contributed by atoms with Gasteiger partial charge in [0, 0.05) is 5.69 Å². The second-order valence-corrected chi connectivity index (χ2v) is 5.28. The lowest BCUT2D eigenvalue weighted by Crippen LogP contribution is -2.30. The number of para-hydroxylation sites is 1. The van der Waals surface area contributed by atoms with Crippen molar-refractivity contribution in [2.24, 2.45) is 0 Å². The molecule has 0 bridgehead atoms. The molecule has 0 aromatic heterocycles. The standard InChI is InChI=1S/C19H21NO4/c1-4-14-8-5-6-11-17(14)24-13(2)18(21)20-16-10-7-9-15(12-16)19(22)23-3/h5-13H,4H2,1-3H3,(H,20,21). The van der Waals surface area contributed by atoms with Crippen molar-refractivity contribution in [3.05, 3.63) is 59.7 Å². The highest BCUT2D eigenvalue weighted by Gasteiger charge is 2.17. The number of nitrogens with one attached hydrogen (secondary N) is 1. The van der Waals surface area contributed by atoms with E-state index in [1.165, 1.54) is 7.11 Å². The normalized spacial score (nSPS) is 11.5. The SMILES string of the molecule is CCc1ccccc1OC(C)C(=O)Nc1cccc(C(=O)OC)c1. The van der Waals surface area contributed by atoms with Crippen LogP contribution >= 0.6 is 0 Å². The topological polar surface area (TPSA) is 64.6 Å². The molecule has 1 unspecified atom stereocenters.